The van der Waals surface area contributed by atoms with E-state index < -0.39 is 11.7 Å². The van der Waals surface area contributed by atoms with Gasteiger partial charge < -0.3 is 15.5 Å². The van der Waals surface area contributed by atoms with Crippen LogP contribution in [-0.4, -0.2) is 17.1 Å². The molecule has 2 rings (SSSR count). The minimum Gasteiger partial charge on any atom is -0.490 e. The van der Waals surface area contributed by atoms with E-state index in [1.165, 1.54) is 25.6 Å². The smallest absolute Gasteiger partial charge is 0.416 e. The van der Waals surface area contributed by atoms with E-state index in [4.69, 9.17) is 10.6 Å². The summed E-state index contributed by atoms with van der Waals surface area (Å²) in [6, 6.07) is 4.52. The molecule has 0 saturated carbocycles. The van der Waals surface area contributed by atoms with Gasteiger partial charge in [-0.15, -0.1) is 0 Å². The highest BCUT2D eigenvalue weighted by Crippen LogP contribution is 2.33. The lowest BCUT2D eigenvalue weighted by Gasteiger charge is -2.13. The number of rotatable bonds is 4. The van der Waals surface area contributed by atoms with E-state index in [2.05, 4.69) is 20.7 Å². The van der Waals surface area contributed by atoms with Crippen molar-refractivity contribution in [2.75, 3.05) is 17.9 Å². The first-order valence-electron chi connectivity index (χ1n) is 5.75. The molecule has 2 aromatic rings. The molecular weight excluding hydrogens is 287 g/mol. The van der Waals surface area contributed by atoms with Gasteiger partial charge in [-0.25, -0.2) is 15.8 Å². The number of hydrogen-bond acceptors (Lipinski definition) is 6. The standard InChI is InChI=1S/C12H12F3N5O/c1-21-9-10(17-6-18-11(9)20-16)19-8-4-2-7(3-5-8)12(13,14)15/h2-6H,16H2,1H3,(H2,17,18,19,20). The molecule has 0 bridgehead atoms. The molecule has 21 heavy (non-hydrogen) atoms. The number of anilines is 3. The zero-order chi connectivity index (χ0) is 15.5. The lowest BCUT2D eigenvalue weighted by atomic mass is 10.2. The first-order valence-corrected chi connectivity index (χ1v) is 5.75. The van der Waals surface area contributed by atoms with Crippen LogP contribution in [0.5, 0.6) is 5.75 Å². The number of nitrogens with zero attached hydrogens (tertiary/aromatic N) is 2. The van der Waals surface area contributed by atoms with Crippen LogP contribution in [0.1, 0.15) is 5.56 Å². The van der Waals surface area contributed by atoms with Crippen molar-refractivity contribution < 1.29 is 17.9 Å². The maximum absolute atomic E-state index is 12.5. The molecule has 6 nitrogen and oxygen atoms in total. The van der Waals surface area contributed by atoms with Crippen LogP contribution in [0.3, 0.4) is 0 Å². The molecule has 0 spiro atoms. The number of nitrogens with two attached hydrogens (primary N) is 1. The van der Waals surface area contributed by atoms with Gasteiger partial charge in [-0.05, 0) is 24.3 Å². The number of hydrogen-bond donors (Lipinski definition) is 3. The second kappa shape index (κ2) is 5.83. The molecule has 1 aromatic carbocycles. The van der Waals surface area contributed by atoms with Gasteiger partial charge in [-0.1, -0.05) is 0 Å². The fourth-order valence-electron chi connectivity index (χ4n) is 1.64. The fourth-order valence-corrected chi connectivity index (χ4v) is 1.64. The van der Waals surface area contributed by atoms with Gasteiger partial charge in [0.2, 0.25) is 5.75 Å². The minimum atomic E-state index is -4.37. The second-order valence-corrected chi connectivity index (χ2v) is 3.95. The summed E-state index contributed by atoms with van der Waals surface area (Å²) in [6.07, 6.45) is -3.13. The molecule has 4 N–H and O–H groups in total. The predicted octanol–water partition coefficient (Wildman–Crippen LogP) is 2.53. The zero-order valence-electron chi connectivity index (χ0n) is 10.9. The summed E-state index contributed by atoms with van der Waals surface area (Å²) in [6.45, 7) is 0. The van der Waals surface area contributed by atoms with E-state index in [1.54, 1.807) is 0 Å². The Bertz CT molecular complexity index is 615. The Morgan fingerprint density at radius 1 is 1.10 bits per heavy atom. The molecule has 0 radical (unpaired) electrons. The van der Waals surface area contributed by atoms with E-state index in [0.29, 0.717) is 5.69 Å². The molecule has 0 unspecified atom stereocenters. The number of alkyl halides is 3. The third-order valence-electron chi connectivity index (χ3n) is 2.62. The van der Waals surface area contributed by atoms with Crippen molar-refractivity contribution in [3.63, 3.8) is 0 Å². The van der Waals surface area contributed by atoms with Crippen molar-refractivity contribution in [2.24, 2.45) is 5.84 Å². The lowest BCUT2D eigenvalue weighted by Crippen LogP contribution is -2.11. The summed E-state index contributed by atoms with van der Waals surface area (Å²) >= 11 is 0. The fraction of sp³-hybridized carbons (Fsp3) is 0.167. The number of halogens is 3. The van der Waals surface area contributed by atoms with Gasteiger partial charge >= 0.3 is 6.18 Å². The zero-order valence-corrected chi connectivity index (χ0v) is 10.9. The first kappa shape index (κ1) is 14.9. The molecule has 0 aliphatic heterocycles. The van der Waals surface area contributed by atoms with Gasteiger partial charge in [0.05, 0.1) is 12.7 Å². The summed E-state index contributed by atoms with van der Waals surface area (Å²) in [5.74, 6) is 6.06. The Morgan fingerprint density at radius 2 is 1.71 bits per heavy atom. The van der Waals surface area contributed by atoms with Crippen LogP contribution in [0, 0.1) is 0 Å². The van der Waals surface area contributed by atoms with Crippen LogP contribution < -0.4 is 21.3 Å². The van der Waals surface area contributed by atoms with E-state index in [1.807, 2.05) is 0 Å². The van der Waals surface area contributed by atoms with Crippen LogP contribution in [0.4, 0.5) is 30.5 Å². The van der Waals surface area contributed by atoms with Crippen LogP contribution in [0.15, 0.2) is 30.6 Å². The van der Waals surface area contributed by atoms with E-state index in [9.17, 15) is 13.2 Å². The summed E-state index contributed by atoms with van der Waals surface area (Å²) in [7, 11) is 1.40. The summed E-state index contributed by atoms with van der Waals surface area (Å²) < 4.78 is 42.5. The topological polar surface area (TPSA) is 85.1 Å². The Hall–Kier alpha value is -2.55. The quantitative estimate of drug-likeness (QED) is 0.594. The Morgan fingerprint density at radius 3 is 2.24 bits per heavy atom. The predicted molar refractivity (Wildman–Crippen MR) is 71.1 cm³/mol. The van der Waals surface area contributed by atoms with E-state index in [0.717, 1.165) is 12.1 Å². The number of hydrazine groups is 1. The third kappa shape index (κ3) is 3.31. The van der Waals surface area contributed by atoms with Crippen molar-refractivity contribution in [3.8, 4) is 5.75 Å². The summed E-state index contributed by atoms with van der Waals surface area (Å²) in [4.78, 5) is 7.82. The third-order valence-corrected chi connectivity index (χ3v) is 2.62. The second-order valence-electron chi connectivity index (χ2n) is 3.95. The van der Waals surface area contributed by atoms with Crippen molar-refractivity contribution in [3.05, 3.63) is 36.2 Å². The average Bonchev–Trinajstić information content (AvgIpc) is 2.46. The summed E-state index contributed by atoms with van der Waals surface area (Å²) in [5.41, 5.74) is 2.03. The highest BCUT2D eigenvalue weighted by atomic mass is 19.4. The molecule has 1 heterocycles. The van der Waals surface area contributed by atoms with Crippen molar-refractivity contribution in [2.45, 2.75) is 6.18 Å². The molecule has 1 aromatic heterocycles. The van der Waals surface area contributed by atoms with E-state index in [-0.39, 0.29) is 17.4 Å². The average molecular weight is 299 g/mol. The Kier molecular flexibility index (Phi) is 4.13. The minimum absolute atomic E-state index is 0.250. The summed E-state index contributed by atoms with van der Waals surface area (Å²) in [5, 5.41) is 2.84. The molecule has 0 amide bonds. The molecule has 0 atom stereocenters. The maximum Gasteiger partial charge on any atom is 0.416 e. The molecule has 0 aliphatic carbocycles. The van der Waals surface area contributed by atoms with Gasteiger partial charge in [-0.3, -0.25) is 0 Å². The SMILES string of the molecule is COc1c(NN)ncnc1Nc1ccc(C(F)(F)F)cc1. The van der Waals surface area contributed by atoms with Gasteiger partial charge in [0.25, 0.3) is 0 Å². The molecule has 112 valence electrons. The van der Waals surface area contributed by atoms with Crippen LogP contribution in [0.25, 0.3) is 0 Å². The molecule has 0 fully saturated rings. The normalized spacial score (nSPS) is 11.1. The van der Waals surface area contributed by atoms with Gasteiger partial charge in [0.15, 0.2) is 11.6 Å². The van der Waals surface area contributed by atoms with Gasteiger partial charge in [0.1, 0.15) is 6.33 Å². The maximum atomic E-state index is 12.5. The van der Waals surface area contributed by atoms with E-state index >= 15 is 0 Å². The largest absolute Gasteiger partial charge is 0.490 e. The van der Waals surface area contributed by atoms with Crippen LogP contribution in [-0.2, 0) is 6.18 Å². The highest BCUT2D eigenvalue weighted by Gasteiger charge is 2.29. The van der Waals surface area contributed by atoms with Gasteiger partial charge in [-0.2, -0.15) is 13.2 Å². The number of nitrogen functional groups attached to an aromatic ring is 1. The molecule has 0 aliphatic rings. The highest BCUT2D eigenvalue weighted by molar-refractivity contribution is 5.69. The number of benzene rings is 1. The number of methoxy groups -OCH3 is 1. The lowest BCUT2D eigenvalue weighted by molar-refractivity contribution is -0.137. The number of aromatic nitrogens is 2. The van der Waals surface area contributed by atoms with Crippen LogP contribution >= 0.6 is 0 Å². The molecule has 9 heteroatoms. The molecular formula is C12H12F3N5O. The molecule has 0 saturated heterocycles. The van der Waals surface area contributed by atoms with Crippen LogP contribution in [0.2, 0.25) is 0 Å². The van der Waals surface area contributed by atoms with Crippen molar-refractivity contribution >= 4 is 17.3 Å². The Labute approximate surface area is 118 Å². The van der Waals surface area contributed by atoms with Crippen molar-refractivity contribution in [1.82, 2.24) is 9.97 Å². The first-order chi connectivity index (χ1) is 9.95. The monoisotopic (exact) mass is 299 g/mol. The van der Waals surface area contributed by atoms with Gasteiger partial charge in [0, 0.05) is 5.69 Å². The number of nitrogens with one attached hydrogen (secondary N) is 2. The van der Waals surface area contributed by atoms with Crippen molar-refractivity contribution in [1.29, 1.82) is 0 Å². The number of ether oxygens (including phenoxy) is 1. The Balaban J connectivity index is 2.26.